The molecule has 1 aliphatic rings. The highest BCUT2D eigenvalue weighted by Gasteiger charge is 2.49. The number of hydrogen-bond donors (Lipinski definition) is 1. The Morgan fingerprint density at radius 3 is 2.00 bits per heavy atom. The zero-order valence-corrected chi connectivity index (χ0v) is 18.1. The predicted molar refractivity (Wildman–Crippen MR) is 113 cm³/mol. The number of methoxy groups -OCH3 is 4. The molecular weight excluding hydrogens is 388 g/mol. The zero-order valence-electron chi connectivity index (χ0n) is 18.1. The van der Waals surface area contributed by atoms with Gasteiger partial charge in [0.15, 0.2) is 23.0 Å². The minimum absolute atomic E-state index is 0.0155. The zero-order chi connectivity index (χ0) is 22.0. The quantitative estimate of drug-likeness (QED) is 0.663. The second-order valence-corrected chi connectivity index (χ2v) is 7.34. The molecule has 0 saturated carbocycles. The molecule has 1 amide bonds. The van der Waals surface area contributed by atoms with Crippen molar-refractivity contribution < 1.29 is 28.8 Å². The van der Waals surface area contributed by atoms with Gasteiger partial charge in [-0.15, -0.1) is 0 Å². The summed E-state index contributed by atoms with van der Waals surface area (Å²) in [5.74, 6) is 1.53. The summed E-state index contributed by atoms with van der Waals surface area (Å²) in [4.78, 5) is 16.8. The number of carbonyl (C=O) groups is 1. The molecule has 2 atom stereocenters. The van der Waals surface area contributed by atoms with Crippen LogP contribution in [0.25, 0.3) is 0 Å². The third-order valence-electron chi connectivity index (χ3n) is 5.25. The van der Waals surface area contributed by atoms with Gasteiger partial charge in [-0.2, -0.15) is 0 Å². The van der Waals surface area contributed by atoms with Crippen LogP contribution in [-0.2, 0) is 4.79 Å². The van der Waals surface area contributed by atoms with E-state index in [0.29, 0.717) is 35.2 Å². The molecule has 30 heavy (non-hydrogen) atoms. The lowest BCUT2D eigenvalue weighted by molar-refractivity contribution is -0.131. The van der Waals surface area contributed by atoms with E-state index in [1.807, 2.05) is 25.1 Å². The second-order valence-electron chi connectivity index (χ2n) is 7.34. The number of anilines is 1. The van der Waals surface area contributed by atoms with Gasteiger partial charge in [0.05, 0.1) is 46.1 Å². The van der Waals surface area contributed by atoms with Gasteiger partial charge in [0, 0.05) is 18.7 Å². The third-order valence-corrected chi connectivity index (χ3v) is 5.25. The van der Waals surface area contributed by atoms with Crippen LogP contribution in [-0.4, -0.2) is 65.0 Å². The summed E-state index contributed by atoms with van der Waals surface area (Å²) in [6.07, 6.45) is 0. The van der Waals surface area contributed by atoms with Crippen molar-refractivity contribution in [1.29, 1.82) is 0 Å². The Morgan fingerprint density at radius 2 is 1.53 bits per heavy atom. The van der Waals surface area contributed by atoms with Gasteiger partial charge < -0.3 is 33.9 Å². The van der Waals surface area contributed by atoms with Crippen molar-refractivity contribution in [3.63, 3.8) is 0 Å². The van der Waals surface area contributed by atoms with E-state index >= 15 is 0 Å². The summed E-state index contributed by atoms with van der Waals surface area (Å²) in [5, 5.41) is 10.3. The number of amides is 1. The van der Waals surface area contributed by atoms with E-state index in [4.69, 9.17) is 18.9 Å². The van der Waals surface area contributed by atoms with Gasteiger partial charge in [-0.25, -0.2) is 0 Å². The van der Waals surface area contributed by atoms with Crippen LogP contribution in [0.2, 0.25) is 0 Å². The Kier molecular flexibility index (Phi) is 6.26. The molecule has 1 heterocycles. The maximum Gasteiger partial charge on any atom is 0.234 e. The molecular formula is C22H28N2O6. The molecule has 0 aliphatic carbocycles. The van der Waals surface area contributed by atoms with Crippen LogP contribution in [0.15, 0.2) is 30.3 Å². The molecule has 3 rings (SSSR count). The van der Waals surface area contributed by atoms with Gasteiger partial charge in [0.1, 0.15) is 0 Å². The smallest absolute Gasteiger partial charge is 0.234 e. The largest absolute Gasteiger partial charge is 0.504 e. The first-order valence-corrected chi connectivity index (χ1v) is 9.50. The summed E-state index contributed by atoms with van der Waals surface area (Å²) in [6.45, 7) is 0.581. The summed E-state index contributed by atoms with van der Waals surface area (Å²) in [5.41, 5.74) is 1.44. The van der Waals surface area contributed by atoms with Crippen molar-refractivity contribution in [1.82, 2.24) is 4.90 Å². The summed E-state index contributed by atoms with van der Waals surface area (Å²) in [7, 11) is 9.96. The molecule has 0 spiro atoms. The van der Waals surface area contributed by atoms with Crippen LogP contribution in [0.3, 0.4) is 0 Å². The molecule has 162 valence electrons. The van der Waals surface area contributed by atoms with Crippen LogP contribution in [0.4, 0.5) is 5.69 Å². The molecule has 0 radical (unpaired) electrons. The lowest BCUT2D eigenvalue weighted by atomic mass is 9.81. The number of aromatic hydroxyl groups is 1. The molecule has 0 aromatic heterocycles. The minimum Gasteiger partial charge on any atom is -0.504 e. The number of nitrogens with zero attached hydrogens (tertiary/aromatic N) is 2. The molecule has 1 N–H and O–H groups in total. The Hall–Kier alpha value is -3.13. The van der Waals surface area contributed by atoms with Gasteiger partial charge >= 0.3 is 0 Å². The second kappa shape index (κ2) is 8.71. The fourth-order valence-corrected chi connectivity index (χ4v) is 3.89. The normalized spacial score (nSPS) is 18.2. The average Bonchev–Trinajstić information content (AvgIpc) is 2.74. The van der Waals surface area contributed by atoms with E-state index in [9.17, 15) is 9.90 Å². The third kappa shape index (κ3) is 3.70. The number of rotatable bonds is 8. The predicted octanol–water partition coefficient (Wildman–Crippen LogP) is 2.69. The summed E-state index contributed by atoms with van der Waals surface area (Å²) in [6, 6.07) is 8.45. The molecule has 2 aromatic rings. The highest BCUT2D eigenvalue weighted by Crippen LogP contribution is 2.49. The fraction of sp³-hybridized carbons (Fsp3) is 0.409. The molecule has 1 fully saturated rings. The Labute approximate surface area is 176 Å². The van der Waals surface area contributed by atoms with Crippen molar-refractivity contribution in [2.24, 2.45) is 5.92 Å². The van der Waals surface area contributed by atoms with E-state index < -0.39 is 0 Å². The Morgan fingerprint density at radius 1 is 0.933 bits per heavy atom. The SMILES string of the molecule is COc1ccc([C@H]2[C@@H](CN(C)C)C(=O)N2c2cc(OC)c(OC)c(OC)c2)cc1O. The van der Waals surface area contributed by atoms with E-state index in [0.717, 1.165) is 5.56 Å². The summed E-state index contributed by atoms with van der Waals surface area (Å²) < 4.78 is 21.4. The highest BCUT2D eigenvalue weighted by molar-refractivity contribution is 6.04. The number of phenols is 1. The molecule has 2 aromatic carbocycles. The van der Waals surface area contributed by atoms with E-state index in [1.165, 1.54) is 28.4 Å². The van der Waals surface area contributed by atoms with Gasteiger partial charge in [-0.3, -0.25) is 4.79 Å². The molecule has 8 nitrogen and oxygen atoms in total. The van der Waals surface area contributed by atoms with Crippen LogP contribution in [0.1, 0.15) is 11.6 Å². The van der Waals surface area contributed by atoms with Gasteiger partial charge in [0.2, 0.25) is 11.7 Å². The van der Waals surface area contributed by atoms with Crippen LogP contribution < -0.4 is 23.8 Å². The van der Waals surface area contributed by atoms with Crippen LogP contribution in [0, 0.1) is 5.92 Å². The molecule has 0 bridgehead atoms. The minimum atomic E-state index is -0.264. The lowest BCUT2D eigenvalue weighted by Crippen LogP contribution is -2.58. The van der Waals surface area contributed by atoms with Crippen molar-refractivity contribution >= 4 is 11.6 Å². The van der Waals surface area contributed by atoms with Crippen molar-refractivity contribution in [2.75, 3.05) is 54.0 Å². The number of benzene rings is 2. The molecule has 1 aliphatic heterocycles. The topological polar surface area (TPSA) is 80.7 Å². The van der Waals surface area contributed by atoms with Crippen molar-refractivity contribution in [3.8, 4) is 28.7 Å². The van der Waals surface area contributed by atoms with Gasteiger partial charge in [0.25, 0.3) is 0 Å². The van der Waals surface area contributed by atoms with E-state index in [2.05, 4.69) is 0 Å². The Bertz CT molecular complexity index is 905. The lowest BCUT2D eigenvalue weighted by Gasteiger charge is -2.48. The maximum absolute atomic E-state index is 13.1. The molecule has 8 heteroatoms. The number of β-lactam (4-membered cyclic amide) rings is 1. The molecule has 1 saturated heterocycles. The standard InChI is InChI=1S/C22H28N2O6/c1-23(2)12-15-20(13-7-8-17(27-3)16(25)9-13)24(22(15)26)14-10-18(28-4)21(30-6)19(11-14)29-5/h7-11,15,20,25H,12H2,1-6H3/t15-,20+/m1/s1. The molecule has 0 unspecified atom stereocenters. The van der Waals surface area contributed by atoms with E-state index in [-0.39, 0.29) is 23.6 Å². The first-order valence-electron chi connectivity index (χ1n) is 9.50. The van der Waals surface area contributed by atoms with Crippen LogP contribution >= 0.6 is 0 Å². The highest BCUT2D eigenvalue weighted by atomic mass is 16.5. The number of hydrogen-bond acceptors (Lipinski definition) is 7. The van der Waals surface area contributed by atoms with E-state index in [1.54, 1.807) is 29.2 Å². The van der Waals surface area contributed by atoms with Gasteiger partial charge in [-0.1, -0.05) is 6.07 Å². The van der Waals surface area contributed by atoms with Gasteiger partial charge in [-0.05, 0) is 31.8 Å². The van der Waals surface area contributed by atoms with Crippen molar-refractivity contribution in [2.45, 2.75) is 6.04 Å². The average molecular weight is 416 g/mol. The monoisotopic (exact) mass is 416 g/mol. The Balaban J connectivity index is 2.08. The summed E-state index contributed by atoms with van der Waals surface area (Å²) >= 11 is 0. The maximum atomic E-state index is 13.1. The van der Waals surface area contributed by atoms with Crippen molar-refractivity contribution in [3.05, 3.63) is 35.9 Å². The number of phenolic OH excluding ortho intramolecular Hbond substituents is 1. The first kappa shape index (κ1) is 21.6. The number of ether oxygens (including phenoxy) is 4. The van der Waals surface area contributed by atoms with Crippen LogP contribution in [0.5, 0.6) is 28.7 Å². The first-order chi connectivity index (χ1) is 14.4. The fourth-order valence-electron chi connectivity index (χ4n) is 3.89. The number of carbonyl (C=O) groups excluding carboxylic acids is 1.